The van der Waals surface area contributed by atoms with E-state index in [1.54, 1.807) is 7.11 Å². The number of benzene rings is 1. The van der Waals surface area contributed by atoms with Crippen LogP contribution in [-0.4, -0.2) is 12.3 Å². The Bertz CT molecular complexity index is 291. The number of nitrogens with one attached hydrogen (secondary N) is 1. The van der Waals surface area contributed by atoms with Crippen molar-refractivity contribution in [1.29, 1.82) is 0 Å². The molecule has 0 spiro atoms. The average molecular weight is 246 g/mol. The summed E-state index contributed by atoms with van der Waals surface area (Å²) in [6, 6.07) is 5.51. The fourth-order valence-corrected chi connectivity index (χ4v) is 1.49. The van der Waals surface area contributed by atoms with Gasteiger partial charge in [-0.1, -0.05) is 15.9 Å². The summed E-state index contributed by atoms with van der Waals surface area (Å²) in [6.45, 7) is 1.85. The second kappa shape index (κ2) is 4.60. The van der Waals surface area contributed by atoms with Gasteiger partial charge in [0, 0.05) is 10.0 Å². The van der Waals surface area contributed by atoms with Crippen molar-refractivity contribution in [2.45, 2.75) is 13.0 Å². The molecular formula is C9H12BrNO2. The third kappa shape index (κ3) is 2.43. The molecule has 0 amide bonds. The first kappa shape index (κ1) is 10.5. The normalized spacial score (nSPS) is 12.6. The van der Waals surface area contributed by atoms with Crippen molar-refractivity contribution in [3.8, 4) is 5.75 Å². The van der Waals surface area contributed by atoms with E-state index in [-0.39, 0.29) is 6.04 Å². The lowest BCUT2D eigenvalue weighted by atomic mass is 10.1. The van der Waals surface area contributed by atoms with Crippen LogP contribution in [0, 0.1) is 0 Å². The summed E-state index contributed by atoms with van der Waals surface area (Å²) >= 11 is 3.36. The van der Waals surface area contributed by atoms with E-state index in [1.807, 2.05) is 25.1 Å². The van der Waals surface area contributed by atoms with Crippen molar-refractivity contribution in [3.63, 3.8) is 0 Å². The second-order valence-corrected chi connectivity index (χ2v) is 3.65. The molecule has 0 heterocycles. The van der Waals surface area contributed by atoms with Crippen LogP contribution in [0.4, 0.5) is 0 Å². The van der Waals surface area contributed by atoms with Gasteiger partial charge in [0.25, 0.3) is 0 Å². The minimum atomic E-state index is -0.146. The lowest BCUT2D eigenvalue weighted by Crippen LogP contribution is -2.14. The van der Waals surface area contributed by atoms with Crippen molar-refractivity contribution in [1.82, 2.24) is 5.48 Å². The number of hydrogen-bond donors (Lipinski definition) is 2. The summed E-state index contributed by atoms with van der Waals surface area (Å²) in [4.78, 5) is 0. The molecule has 3 nitrogen and oxygen atoms in total. The monoisotopic (exact) mass is 245 g/mol. The van der Waals surface area contributed by atoms with Gasteiger partial charge < -0.3 is 9.94 Å². The highest BCUT2D eigenvalue weighted by Crippen LogP contribution is 2.27. The third-order valence-corrected chi connectivity index (χ3v) is 2.35. The standard InChI is InChI=1S/C9H12BrNO2/c1-6(11-12)8-5-7(10)3-4-9(8)13-2/h3-6,11-12H,1-2H3/t6-/m0/s1. The zero-order valence-electron chi connectivity index (χ0n) is 7.54. The van der Waals surface area contributed by atoms with Crippen LogP contribution in [0.3, 0.4) is 0 Å². The largest absolute Gasteiger partial charge is 0.496 e. The van der Waals surface area contributed by atoms with Crippen LogP contribution in [-0.2, 0) is 0 Å². The van der Waals surface area contributed by atoms with Gasteiger partial charge in [-0.15, -0.1) is 0 Å². The molecule has 0 saturated carbocycles. The first-order valence-corrected chi connectivity index (χ1v) is 4.71. The molecule has 0 aliphatic carbocycles. The Hall–Kier alpha value is -0.580. The molecule has 0 aliphatic heterocycles. The van der Waals surface area contributed by atoms with Crippen molar-refractivity contribution in [2.75, 3.05) is 7.11 Å². The molecule has 4 heteroatoms. The van der Waals surface area contributed by atoms with Gasteiger partial charge in [0.05, 0.1) is 13.2 Å². The number of hydroxylamine groups is 1. The molecule has 0 aromatic heterocycles. The van der Waals surface area contributed by atoms with Crippen LogP contribution >= 0.6 is 15.9 Å². The van der Waals surface area contributed by atoms with Crippen LogP contribution in [0.25, 0.3) is 0 Å². The van der Waals surface area contributed by atoms with Gasteiger partial charge in [0.1, 0.15) is 5.75 Å². The Kier molecular flexibility index (Phi) is 3.71. The van der Waals surface area contributed by atoms with E-state index in [2.05, 4.69) is 21.4 Å². The zero-order chi connectivity index (χ0) is 9.84. The Morgan fingerprint density at radius 1 is 1.54 bits per heavy atom. The van der Waals surface area contributed by atoms with E-state index in [0.29, 0.717) is 0 Å². The number of ether oxygens (including phenoxy) is 1. The summed E-state index contributed by atoms with van der Waals surface area (Å²) in [6.07, 6.45) is 0. The fourth-order valence-electron chi connectivity index (χ4n) is 1.11. The van der Waals surface area contributed by atoms with Crippen molar-refractivity contribution < 1.29 is 9.94 Å². The molecule has 0 saturated heterocycles. The lowest BCUT2D eigenvalue weighted by Gasteiger charge is -2.14. The lowest BCUT2D eigenvalue weighted by molar-refractivity contribution is 0.132. The topological polar surface area (TPSA) is 41.5 Å². The summed E-state index contributed by atoms with van der Waals surface area (Å²) in [5.41, 5.74) is 3.10. The van der Waals surface area contributed by atoms with Crippen molar-refractivity contribution in [3.05, 3.63) is 28.2 Å². The van der Waals surface area contributed by atoms with Gasteiger partial charge in [-0.25, -0.2) is 0 Å². The molecule has 0 radical (unpaired) electrons. The van der Waals surface area contributed by atoms with E-state index in [9.17, 15) is 0 Å². The highest BCUT2D eigenvalue weighted by atomic mass is 79.9. The molecule has 0 unspecified atom stereocenters. The highest BCUT2D eigenvalue weighted by Gasteiger charge is 2.10. The summed E-state index contributed by atoms with van der Waals surface area (Å²) < 4.78 is 6.11. The molecule has 72 valence electrons. The van der Waals surface area contributed by atoms with E-state index in [1.165, 1.54) is 0 Å². The Morgan fingerprint density at radius 3 is 2.77 bits per heavy atom. The number of methoxy groups -OCH3 is 1. The maximum Gasteiger partial charge on any atom is 0.123 e. The molecule has 1 rings (SSSR count). The quantitative estimate of drug-likeness (QED) is 0.805. The van der Waals surface area contributed by atoms with E-state index in [0.717, 1.165) is 15.8 Å². The predicted octanol–water partition coefficient (Wildman–Crippen LogP) is 2.50. The minimum Gasteiger partial charge on any atom is -0.496 e. The van der Waals surface area contributed by atoms with Crippen LogP contribution < -0.4 is 10.2 Å². The first-order chi connectivity index (χ1) is 6.19. The van der Waals surface area contributed by atoms with Crippen molar-refractivity contribution >= 4 is 15.9 Å². The van der Waals surface area contributed by atoms with Gasteiger partial charge in [-0.05, 0) is 25.1 Å². The number of halogens is 1. The molecule has 2 N–H and O–H groups in total. The van der Waals surface area contributed by atoms with E-state index >= 15 is 0 Å². The Labute approximate surface area is 85.8 Å². The second-order valence-electron chi connectivity index (χ2n) is 2.74. The van der Waals surface area contributed by atoms with Crippen LogP contribution in [0.15, 0.2) is 22.7 Å². The molecular weight excluding hydrogens is 234 g/mol. The highest BCUT2D eigenvalue weighted by molar-refractivity contribution is 9.10. The van der Waals surface area contributed by atoms with Gasteiger partial charge in [-0.3, -0.25) is 0 Å². The van der Waals surface area contributed by atoms with E-state index in [4.69, 9.17) is 9.94 Å². The van der Waals surface area contributed by atoms with Crippen LogP contribution in [0.5, 0.6) is 5.75 Å². The SMILES string of the molecule is COc1ccc(Br)cc1[C@H](C)NO. The summed E-state index contributed by atoms with van der Waals surface area (Å²) in [5, 5.41) is 8.78. The smallest absolute Gasteiger partial charge is 0.123 e. The molecule has 1 atom stereocenters. The zero-order valence-corrected chi connectivity index (χ0v) is 9.13. The fraction of sp³-hybridized carbons (Fsp3) is 0.333. The molecule has 13 heavy (non-hydrogen) atoms. The minimum absolute atomic E-state index is 0.146. The maximum absolute atomic E-state index is 8.78. The molecule has 0 fully saturated rings. The molecule has 1 aromatic carbocycles. The molecule has 0 bridgehead atoms. The summed E-state index contributed by atoms with van der Waals surface area (Å²) in [7, 11) is 1.61. The van der Waals surface area contributed by atoms with E-state index < -0.39 is 0 Å². The van der Waals surface area contributed by atoms with Crippen LogP contribution in [0.2, 0.25) is 0 Å². The van der Waals surface area contributed by atoms with Gasteiger partial charge >= 0.3 is 0 Å². The Morgan fingerprint density at radius 2 is 2.23 bits per heavy atom. The maximum atomic E-state index is 8.78. The number of rotatable bonds is 3. The Balaban J connectivity index is 3.07. The molecule has 0 aliphatic rings. The average Bonchev–Trinajstić information content (AvgIpc) is 2.16. The number of hydrogen-bond acceptors (Lipinski definition) is 3. The molecule has 1 aromatic rings. The first-order valence-electron chi connectivity index (χ1n) is 3.92. The van der Waals surface area contributed by atoms with Gasteiger partial charge in [0.2, 0.25) is 0 Å². The van der Waals surface area contributed by atoms with Gasteiger partial charge in [-0.2, -0.15) is 5.48 Å². The van der Waals surface area contributed by atoms with Crippen LogP contribution in [0.1, 0.15) is 18.5 Å². The third-order valence-electron chi connectivity index (χ3n) is 1.85. The van der Waals surface area contributed by atoms with Crippen molar-refractivity contribution in [2.24, 2.45) is 0 Å². The van der Waals surface area contributed by atoms with Gasteiger partial charge in [0.15, 0.2) is 0 Å². The predicted molar refractivity (Wildman–Crippen MR) is 54.0 cm³/mol. The summed E-state index contributed by atoms with van der Waals surface area (Å²) in [5.74, 6) is 0.761.